The van der Waals surface area contributed by atoms with Crippen LogP contribution in [0.25, 0.3) is 0 Å². The lowest BCUT2D eigenvalue weighted by atomic mass is 10.1. The fraction of sp³-hybridized carbons (Fsp3) is 0.733. The molecule has 0 N–H and O–H groups in total. The molecule has 0 spiro atoms. The van der Waals surface area contributed by atoms with E-state index in [-0.39, 0.29) is 0 Å². The van der Waals surface area contributed by atoms with Crippen molar-refractivity contribution in [1.29, 1.82) is 0 Å². The molecule has 0 saturated heterocycles. The molecule has 4 heteroatoms. The topological polar surface area (TPSA) is 33.2 Å². The lowest BCUT2D eigenvalue weighted by Gasteiger charge is -2.26. The summed E-state index contributed by atoms with van der Waals surface area (Å²) >= 11 is 1.58. The van der Waals surface area contributed by atoms with Crippen molar-refractivity contribution in [3.05, 3.63) is 10.6 Å². The Morgan fingerprint density at radius 3 is 2.42 bits per heavy atom. The monoisotopic (exact) mass is 278 g/mol. The Kier molecular flexibility index (Phi) is 3.87. The third kappa shape index (κ3) is 2.83. The van der Waals surface area contributed by atoms with Crippen LogP contribution in [0.5, 0.6) is 0 Å². The molecule has 3 nitrogen and oxygen atoms in total. The van der Waals surface area contributed by atoms with Crippen LogP contribution in [0, 0.1) is 0 Å². The van der Waals surface area contributed by atoms with Crippen molar-refractivity contribution < 1.29 is 4.79 Å². The number of hydrogen-bond acceptors (Lipinski definition) is 4. The van der Waals surface area contributed by atoms with Crippen molar-refractivity contribution in [2.45, 2.75) is 63.3 Å². The van der Waals surface area contributed by atoms with Crippen LogP contribution >= 0.6 is 11.3 Å². The first-order valence-corrected chi connectivity index (χ1v) is 8.30. The highest BCUT2D eigenvalue weighted by atomic mass is 32.1. The van der Waals surface area contributed by atoms with Crippen LogP contribution in [0.3, 0.4) is 0 Å². The van der Waals surface area contributed by atoms with Gasteiger partial charge in [-0.1, -0.05) is 37.0 Å². The molecule has 2 aliphatic rings. The van der Waals surface area contributed by atoms with Crippen molar-refractivity contribution in [1.82, 2.24) is 4.98 Å². The molecule has 2 fully saturated rings. The summed E-state index contributed by atoms with van der Waals surface area (Å²) in [5, 5.41) is 1.05. The fourth-order valence-electron chi connectivity index (χ4n) is 3.02. The first-order chi connectivity index (χ1) is 9.29. The van der Waals surface area contributed by atoms with Crippen LogP contribution in [-0.2, 0) is 0 Å². The van der Waals surface area contributed by atoms with E-state index < -0.39 is 0 Å². The van der Waals surface area contributed by atoms with Gasteiger partial charge in [0.15, 0.2) is 11.4 Å². The third-order valence-electron chi connectivity index (χ3n) is 4.42. The maximum Gasteiger partial charge on any atom is 0.186 e. The van der Waals surface area contributed by atoms with E-state index in [1.54, 1.807) is 11.3 Å². The lowest BCUT2D eigenvalue weighted by molar-refractivity contribution is 0.112. The molecule has 2 aliphatic carbocycles. The normalized spacial score (nSPS) is 21.1. The maximum absolute atomic E-state index is 11.2. The number of anilines is 1. The molecule has 2 saturated carbocycles. The minimum atomic E-state index is 0.563. The Labute approximate surface area is 119 Å². The second-order valence-corrected chi connectivity index (χ2v) is 6.90. The molecule has 3 rings (SSSR count). The highest BCUT2D eigenvalue weighted by Crippen LogP contribution is 2.44. The fourth-order valence-corrected chi connectivity index (χ4v) is 4.02. The number of aromatic nitrogens is 1. The maximum atomic E-state index is 11.2. The summed E-state index contributed by atoms with van der Waals surface area (Å²) in [6.45, 7) is 0. The first-order valence-electron chi connectivity index (χ1n) is 7.48. The van der Waals surface area contributed by atoms with Gasteiger partial charge in [-0.15, -0.1) is 0 Å². The summed E-state index contributed by atoms with van der Waals surface area (Å²) in [5.41, 5.74) is 1.07. The number of hydrogen-bond donors (Lipinski definition) is 0. The lowest BCUT2D eigenvalue weighted by Crippen LogP contribution is -2.30. The minimum Gasteiger partial charge on any atom is -0.348 e. The van der Waals surface area contributed by atoms with Gasteiger partial charge in [0.25, 0.3) is 0 Å². The highest BCUT2D eigenvalue weighted by Gasteiger charge is 2.31. The van der Waals surface area contributed by atoms with E-state index in [0.717, 1.165) is 22.0 Å². The zero-order chi connectivity index (χ0) is 13.2. The molecule has 0 aromatic carbocycles. The smallest absolute Gasteiger partial charge is 0.186 e. The molecule has 0 unspecified atom stereocenters. The third-order valence-corrected chi connectivity index (χ3v) is 5.50. The average Bonchev–Trinajstić information content (AvgIpc) is 3.22. The standard InChI is InChI=1S/C15H22N2OS/c1-17(12-6-4-2-3-5-7-12)15-16-14(11-8-9-11)13(10-18)19-15/h10-12H,2-9H2,1H3. The van der Waals surface area contributed by atoms with Gasteiger partial charge in [0, 0.05) is 19.0 Å². The van der Waals surface area contributed by atoms with Crippen molar-refractivity contribution >= 4 is 22.8 Å². The summed E-state index contributed by atoms with van der Waals surface area (Å²) in [4.78, 5) is 19.1. The molecule has 1 heterocycles. The molecule has 0 amide bonds. The van der Waals surface area contributed by atoms with Crippen molar-refractivity contribution in [3.63, 3.8) is 0 Å². The Morgan fingerprint density at radius 1 is 1.16 bits per heavy atom. The minimum absolute atomic E-state index is 0.563. The Bertz CT molecular complexity index is 445. The van der Waals surface area contributed by atoms with E-state index in [2.05, 4.69) is 11.9 Å². The van der Waals surface area contributed by atoms with Crippen molar-refractivity contribution in [2.75, 3.05) is 11.9 Å². The molecule has 1 aromatic heterocycles. The van der Waals surface area contributed by atoms with Crippen LogP contribution < -0.4 is 4.90 Å². The largest absolute Gasteiger partial charge is 0.348 e. The van der Waals surface area contributed by atoms with Gasteiger partial charge in [-0.3, -0.25) is 4.79 Å². The highest BCUT2D eigenvalue weighted by molar-refractivity contribution is 7.17. The summed E-state index contributed by atoms with van der Waals surface area (Å²) < 4.78 is 0. The second kappa shape index (κ2) is 5.61. The number of thiazole rings is 1. The van der Waals surface area contributed by atoms with Gasteiger partial charge in [-0.25, -0.2) is 4.98 Å². The van der Waals surface area contributed by atoms with E-state index in [9.17, 15) is 4.79 Å². The van der Waals surface area contributed by atoms with E-state index in [0.29, 0.717) is 12.0 Å². The van der Waals surface area contributed by atoms with Crippen molar-refractivity contribution in [2.24, 2.45) is 0 Å². The summed E-state index contributed by atoms with van der Waals surface area (Å²) in [5.74, 6) is 0.563. The summed E-state index contributed by atoms with van der Waals surface area (Å²) in [6, 6.07) is 0.611. The molecule has 1 aromatic rings. The number of rotatable bonds is 4. The molecular weight excluding hydrogens is 256 g/mol. The number of nitrogens with zero attached hydrogens (tertiary/aromatic N) is 2. The van der Waals surface area contributed by atoms with Crippen LogP contribution in [0.15, 0.2) is 0 Å². The van der Waals surface area contributed by atoms with E-state index in [4.69, 9.17) is 4.98 Å². The second-order valence-electron chi connectivity index (χ2n) is 5.89. The quantitative estimate of drug-likeness (QED) is 0.616. The molecule has 0 radical (unpaired) electrons. The van der Waals surface area contributed by atoms with Gasteiger partial charge in [0.05, 0.1) is 10.6 Å². The van der Waals surface area contributed by atoms with E-state index in [1.807, 2.05) is 0 Å². The molecular formula is C15H22N2OS. The van der Waals surface area contributed by atoms with Crippen LogP contribution in [0.4, 0.5) is 5.13 Å². The first kappa shape index (κ1) is 13.1. The SMILES string of the molecule is CN(c1nc(C2CC2)c(C=O)s1)C1CCCCCC1. The molecule has 104 valence electrons. The molecule has 0 atom stereocenters. The number of carbonyl (C=O) groups excluding carboxylic acids is 1. The van der Waals surface area contributed by atoms with E-state index in [1.165, 1.54) is 51.4 Å². The molecule has 0 bridgehead atoms. The van der Waals surface area contributed by atoms with E-state index >= 15 is 0 Å². The molecule has 0 aliphatic heterocycles. The van der Waals surface area contributed by atoms with Crippen LogP contribution in [0.2, 0.25) is 0 Å². The predicted octanol–water partition coefficient (Wildman–Crippen LogP) is 3.99. The van der Waals surface area contributed by atoms with Gasteiger partial charge in [0.2, 0.25) is 0 Å². The van der Waals surface area contributed by atoms with Gasteiger partial charge >= 0.3 is 0 Å². The van der Waals surface area contributed by atoms with Gasteiger partial charge in [-0.05, 0) is 25.7 Å². The Morgan fingerprint density at radius 2 is 1.84 bits per heavy atom. The Hall–Kier alpha value is -0.900. The Balaban J connectivity index is 1.78. The zero-order valence-electron chi connectivity index (χ0n) is 11.6. The van der Waals surface area contributed by atoms with Gasteiger partial charge in [0.1, 0.15) is 0 Å². The zero-order valence-corrected chi connectivity index (χ0v) is 12.4. The predicted molar refractivity (Wildman–Crippen MR) is 79.4 cm³/mol. The van der Waals surface area contributed by atoms with Gasteiger partial charge < -0.3 is 4.90 Å². The van der Waals surface area contributed by atoms with Crippen molar-refractivity contribution in [3.8, 4) is 0 Å². The number of carbonyl (C=O) groups is 1. The van der Waals surface area contributed by atoms with Crippen LogP contribution in [-0.4, -0.2) is 24.4 Å². The summed E-state index contributed by atoms with van der Waals surface area (Å²) in [6.07, 6.45) is 11.3. The van der Waals surface area contributed by atoms with Crippen LogP contribution in [0.1, 0.15) is 72.7 Å². The number of aldehydes is 1. The summed E-state index contributed by atoms with van der Waals surface area (Å²) in [7, 11) is 2.15. The van der Waals surface area contributed by atoms with Gasteiger partial charge in [-0.2, -0.15) is 0 Å². The average molecular weight is 278 g/mol. The molecule has 19 heavy (non-hydrogen) atoms.